The lowest BCUT2D eigenvalue weighted by atomic mass is 10.1. The van der Waals surface area contributed by atoms with Crippen molar-refractivity contribution in [2.75, 3.05) is 12.3 Å². The molecule has 5 heteroatoms. The first kappa shape index (κ1) is 11.1. The van der Waals surface area contributed by atoms with Gasteiger partial charge in [-0.2, -0.15) is 0 Å². The first-order valence-corrected chi connectivity index (χ1v) is 5.95. The zero-order valence-corrected chi connectivity index (χ0v) is 9.97. The minimum atomic E-state index is 0.519. The van der Waals surface area contributed by atoms with Crippen LogP contribution in [0.25, 0.3) is 0 Å². The van der Waals surface area contributed by atoms with E-state index in [0.29, 0.717) is 25.5 Å². The summed E-state index contributed by atoms with van der Waals surface area (Å²) in [5.41, 5.74) is 8.84. The summed E-state index contributed by atoms with van der Waals surface area (Å²) >= 11 is 0. The normalized spacial score (nSPS) is 14.2. The molecule has 18 heavy (non-hydrogen) atoms. The van der Waals surface area contributed by atoms with Crippen LogP contribution in [0.1, 0.15) is 22.8 Å². The molecule has 0 radical (unpaired) electrons. The van der Waals surface area contributed by atoms with Crippen LogP contribution < -0.4 is 5.73 Å². The Morgan fingerprint density at radius 1 is 1.28 bits per heavy atom. The van der Waals surface area contributed by atoms with E-state index in [0.717, 1.165) is 29.2 Å². The maximum absolute atomic E-state index is 5.94. The fraction of sp³-hybridized carbons (Fsp3) is 0.308. The summed E-state index contributed by atoms with van der Waals surface area (Å²) in [6.07, 6.45) is 3.18. The Balaban J connectivity index is 1.91. The van der Waals surface area contributed by atoms with Gasteiger partial charge in [-0.25, -0.2) is 9.97 Å². The molecule has 1 aliphatic rings. The topological polar surface area (TPSA) is 73.9 Å². The minimum Gasteiger partial charge on any atom is -0.383 e. The van der Waals surface area contributed by atoms with Gasteiger partial charge in [-0.3, -0.25) is 4.98 Å². The number of aromatic nitrogens is 3. The smallest absolute Gasteiger partial charge is 0.136 e. The molecular formula is C13H14N4O. The molecule has 2 aromatic rings. The molecule has 0 saturated heterocycles. The van der Waals surface area contributed by atoms with Gasteiger partial charge in [-0.05, 0) is 12.1 Å². The van der Waals surface area contributed by atoms with E-state index in [9.17, 15) is 0 Å². The second kappa shape index (κ2) is 4.70. The molecule has 0 spiro atoms. The third kappa shape index (κ3) is 2.17. The lowest BCUT2D eigenvalue weighted by molar-refractivity contribution is 0.109. The highest BCUT2D eigenvalue weighted by Crippen LogP contribution is 2.20. The summed E-state index contributed by atoms with van der Waals surface area (Å²) < 4.78 is 5.36. The lowest BCUT2D eigenvalue weighted by Gasteiger charge is -2.17. The standard InChI is InChI=1S/C13H14N4O/c14-13-10-8-18-6-4-11(10)16-12(17-13)7-9-3-1-2-5-15-9/h1-3,5H,4,6-8H2,(H2,14,16,17). The molecule has 3 heterocycles. The predicted molar refractivity (Wildman–Crippen MR) is 66.8 cm³/mol. The second-order valence-electron chi connectivity index (χ2n) is 4.25. The fourth-order valence-corrected chi connectivity index (χ4v) is 2.05. The number of nitrogen functional groups attached to an aromatic ring is 1. The lowest BCUT2D eigenvalue weighted by Crippen LogP contribution is -2.17. The Kier molecular flexibility index (Phi) is 2.90. The van der Waals surface area contributed by atoms with Crippen molar-refractivity contribution in [2.45, 2.75) is 19.4 Å². The number of nitrogens with two attached hydrogens (primary N) is 1. The van der Waals surface area contributed by atoms with Crippen LogP contribution in [-0.4, -0.2) is 21.6 Å². The van der Waals surface area contributed by atoms with Gasteiger partial charge in [0.05, 0.1) is 25.3 Å². The minimum absolute atomic E-state index is 0.519. The van der Waals surface area contributed by atoms with E-state index in [4.69, 9.17) is 10.5 Å². The van der Waals surface area contributed by atoms with Gasteiger partial charge < -0.3 is 10.5 Å². The maximum Gasteiger partial charge on any atom is 0.136 e. The van der Waals surface area contributed by atoms with Crippen LogP contribution in [-0.2, 0) is 24.2 Å². The number of fused-ring (bicyclic) bond motifs is 1. The van der Waals surface area contributed by atoms with Crippen molar-refractivity contribution in [2.24, 2.45) is 0 Å². The second-order valence-corrected chi connectivity index (χ2v) is 4.25. The molecule has 2 aromatic heterocycles. The van der Waals surface area contributed by atoms with E-state index in [1.54, 1.807) is 6.20 Å². The van der Waals surface area contributed by atoms with Crippen LogP contribution >= 0.6 is 0 Å². The van der Waals surface area contributed by atoms with Crippen LogP contribution in [0.15, 0.2) is 24.4 Å². The van der Waals surface area contributed by atoms with Gasteiger partial charge in [0.2, 0.25) is 0 Å². The molecule has 5 nitrogen and oxygen atoms in total. The molecule has 1 aliphatic heterocycles. The van der Waals surface area contributed by atoms with E-state index >= 15 is 0 Å². The zero-order valence-electron chi connectivity index (χ0n) is 9.97. The van der Waals surface area contributed by atoms with Gasteiger partial charge in [0, 0.05) is 23.9 Å². The molecule has 0 aromatic carbocycles. The van der Waals surface area contributed by atoms with Gasteiger partial charge in [-0.1, -0.05) is 6.07 Å². The van der Waals surface area contributed by atoms with Crippen molar-refractivity contribution < 1.29 is 4.74 Å². The third-order valence-electron chi connectivity index (χ3n) is 2.97. The Morgan fingerprint density at radius 3 is 3.06 bits per heavy atom. The molecule has 0 fully saturated rings. The number of pyridine rings is 1. The average Bonchev–Trinajstić information content (AvgIpc) is 2.40. The Hall–Kier alpha value is -2.01. The largest absolute Gasteiger partial charge is 0.383 e. The zero-order chi connectivity index (χ0) is 12.4. The van der Waals surface area contributed by atoms with Crippen LogP contribution in [0, 0.1) is 0 Å². The number of rotatable bonds is 2. The molecule has 0 aliphatic carbocycles. The number of hydrogen-bond acceptors (Lipinski definition) is 5. The van der Waals surface area contributed by atoms with Crippen molar-refractivity contribution in [1.29, 1.82) is 0 Å². The quantitative estimate of drug-likeness (QED) is 0.854. The number of nitrogens with zero attached hydrogens (tertiary/aromatic N) is 3. The van der Waals surface area contributed by atoms with Gasteiger partial charge in [-0.15, -0.1) is 0 Å². The third-order valence-corrected chi connectivity index (χ3v) is 2.97. The number of anilines is 1. The fourth-order valence-electron chi connectivity index (χ4n) is 2.05. The molecule has 0 atom stereocenters. The molecule has 92 valence electrons. The molecule has 0 saturated carbocycles. The summed E-state index contributed by atoms with van der Waals surface area (Å²) in [6.45, 7) is 1.22. The first-order valence-electron chi connectivity index (χ1n) is 5.95. The van der Waals surface area contributed by atoms with Crippen molar-refractivity contribution >= 4 is 5.82 Å². The molecule has 0 bridgehead atoms. The summed E-state index contributed by atoms with van der Waals surface area (Å²) in [7, 11) is 0. The van der Waals surface area contributed by atoms with Crippen molar-refractivity contribution in [3.63, 3.8) is 0 Å². The molecule has 3 rings (SSSR count). The molecule has 0 amide bonds. The Bertz CT molecular complexity index is 556. The van der Waals surface area contributed by atoms with Gasteiger partial charge in [0.1, 0.15) is 11.6 Å². The molecule has 0 unspecified atom stereocenters. The van der Waals surface area contributed by atoms with Crippen LogP contribution in [0.5, 0.6) is 0 Å². The van der Waals surface area contributed by atoms with E-state index in [-0.39, 0.29) is 0 Å². The summed E-state index contributed by atoms with van der Waals surface area (Å²) in [5, 5.41) is 0. The Morgan fingerprint density at radius 2 is 2.22 bits per heavy atom. The first-order chi connectivity index (χ1) is 8.83. The Labute approximate surface area is 105 Å². The van der Waals surface area contributed by atoms with Crippen LogP contribution in [0.3, 0.4) is 0 Å². The highest BCUT2D eigenvalue weighted by Gasteiger charge is 2.16. The summed E-state index contributed by atoms with van der Waals surface area (Å²) in [6, 6.07) is 5.81. The predicted octanol–water partition coefficient (Wildman–Crippen LogP) is 1.12. The molecular weight excluding hydrogens is 228 g/mol. The monoisotopic (exact) mass is 242 g/mol. The number of ether oxygens (including phenoxy) is 1. The SMILES string of the molecule is Nc1nc(Cc2ccccn2)nc2c1COCC2. The summed E-state index contributed by atoms with van der Waals surface area (Å²) in [4.78, 5) is 13.2. The van der Waals surface area contributed by atoms with E-state index in [2.05, 4.69) is 15.0 Å². The average molecular weight is 242 g/mol. The van der Waals surface area contributed by atoms with Crippen LogP contribution in [0.4, 0.5) is 5.82 Å². The van der Waals surface area contributed by atoms with Gasteiger partial charge in [0.25, 0.3) is 0 Å². The molecule has 2 N–H and O–H groups in total. The van der Waals surface area contributed by atoms with Crippen molar-refractivity contribution in [1.82, 2.24) is 15.0 Å². The summed E-state index contributed by atoms with van der Waals surface area (Å²) in [5.74, 6) is 1.26. The highest BCUT2D eigenvalue weighted by atomic mass is 16.5. The van der Waals surface area contributed by atoms with Crippen molar-refractivity contribution in [3.8, 4) is 0 Å². The van der Waals surface area contributed by atoms with Crippen molar-refractivity contribution in [3.05, 3.63) is 47.2 Å². The van der Waals surface area contributed by atoms with E-state index in [1.807, 2.05) is 18.2 Å². The number of hydrogen-bond donors (Lipinski definition) is 1. The highest BCUT2D eigenvalue weighted by molar-refractivity contribution is 5.43. The van der Waals surface area contributed by atoms with Gasteiger partial charge >= 0.3 is 0 Å². The van der Waals surface area contributed by atoms with E-state index in [1.165, 1.54) is 0 Å². The van der Waals surface area contributed by atoms with E-state index < -0.39 is 0 Å². The van der Waals surface area contributed by atoms with Crippen LogP contribution in [0.2, 0.25) is 0 Å². The van der Waals surface area contributed by atoms with Gasteiger partial charge in [0.15, 0.2) is 0 Å². The maximum atomic E-state index is 5.94.